The molecule has 1 aromatic heterocycles. The number of nitrogens with one attached hydrogen (secondary N) is 1. The fourth-order valence-corrected chi connectivity index (χ4v) is 1.44. The van der Waals surface area contributed by atoms with E-state index in [0.717, 1.165) is 16.7 Å². The topological polar surface area (TPSA) is 77.2 Å². The number of nitrogen functional groups attached to an aromatic ring is 1. The average Bonchev–Trinajstić information content (AvgIpc) is 2.36. The monoisotopic (exact) mass is 217 g/mol. The molecule has 2 aromatic rings. The summed E-state index contributed by atoms with van der Waals surface area (Å²) in [5.41, 5.74) is 3.28. The van der Waals surface area contributed by atoms with Crippen molar-refractivity contribution in [1.29, 1.82) is 0 Å². The van der Waals surface area contributed by atoms with Crippen LogP contribution in [0.1, 0.15) is 10.4 Å². The van der Waals surface area contributed by atoms with Gasteiger partial charge in [0.2, 0.25) is 0 Å². The van der Waals surface area contributed by atoms with Gasteiger partial charge in [-0.05, 0) is 24.3 Å². The number of benzene rings is 1. The third-order valence-electron chi connectivity index (χ3n) is 2.28. The van der Waals surface area contributed by atoms with E-state index in [1.54, 1.807) is 13.2 Å². The Kier molecular flexibility index (Phi) is 2.70. The lowest BCUT2D eigenvalue weighted by Gasteiger charge is -2.04. The molecule has 0 aliphatic rings. The third kappa shape index (κ3) is 1.80. The number of rotatable bonds is 2. The van der Waals surface area contributed by atoms with Crippen LogP contribution in [-0.4, -0.2) is 18.0 Å². The van der Waals surface area contributed by atoms with Gasteiger partial charge in [-0.25, -0.2) is 5.84 Å². The van der Waals surface area contributed by atoms with E-state index in [9.17, 15) is 4.79 Å². The molecule has 0 saturated carbocycles. The lowest BCUT2D eigenvalue weighted by molar-refractivity contribution is 0.0953. The molecule has 0 unspecified atom stereocenters. The maximum Gasteiger partial charge on any atom is 0.266 e. The number of pyridine rings is 1. The second-order valence-electron chi connectivity index (χ2n) is 3.26. The molecule has 2 rings (SSSR count). The summed E-state index contributed by atoms with van der Waals surface area (Å²) < 4.78 is 5.10. The number of ether oxygens (including phenoxy) is 1. The zero-order valence-electron chi connectivity index (χ0n) is 8.73. The van der Waals surface area contributed by atoms with Crippen LogP contribution in [-0.2, 0) is 0 Å². The molecule has 3 N–H and O–H groups in total. The molecule has 0 atom stereocenters. The van der Waals surface area contributed by atoms with Gasteiger partial charge >= 0.3 is 0 Å². The maximum absolute atomic E-state index is 11.3. The number of hydrazine groups is 1. The van der Waals surface area contributed by atoms with Gasteiger partial charge in [-0.3, -0.25) is 15.2 Å². The van der Waals surface area contributed by atoms with Gasteiger partial charge in [-0.15, -0.1) is 0 Å². The number of fused-ring (bicyclic) bond motifs is 1. The Morgan fingerprint density at radius 3 is 2.94 bits per heavy atom. The molecule has 0 fully saturated rings. The van der Waals surface area contributed by atoms with Crippen LogP contribution in [0.4, 0.5) is 0 Å². The number of amides is 1. The van der Waals surface area contributed by atoms with Crippen molar-refractivity contribution >= 4 is 16.8 Å². The quantitative estimate of drug-likeness (QED) is 0.444. The molecular formula is C11H11N3O2. The first kappa shape index (κ1) is 10.4. The fraction of sp³-hybridized carbons (Fsp3) is 0.0909. The highest BCUT2D eigenvalue weighted by molar-refractivity contribution is 5.97. The summed E-state index contributed by atoms with van der Waals surface area (Å²) in [6, 6.07) is 7.18. The molecule has 1 aromatic carbocycles. The van der Waals surface area contributed by atoms with Crippen LogP contribution in [0.15, 0.2) is 30.5 Å². The molecule has 0 spiro atoms. The number of aromatic nitrogens is 1. The van der Waals surface area contributed by atoms with Crippen molar-refractivity contribution in [1.82, 2.24) is 10.4 Å². The Morgan fingerprint density at radius 1 is 1.44 bits per heavy atom. The average molecular weight is 217 g/mol. The number of nitrogens with two attached hydrogens (primary N) is 1. The van der Waals surface area contributed by atoms with Crippen molar-refractivity contribution in [2.24, 2.45) is 5.84 Å². The molecule has 1 amide bonds. The Bertz CT molecular complexity index is 540. The number of carbonyl (C=O) groups is 1. The van der Waals surface area contributed by atoms with E-state index in [1.807, 2.05) is 18.2 Å². The highest BCUT2D eigenvalue weighted by atomic mass is 16.5. The van der Waals surface area contributed by atoms with E-state index in [0.29, 0.717) is 5.56 Å². The molecular weight excluding hydrogens is 206 g/mol. The third-order valence-corrected chi connectivity index (χ3v) is 2.28. The highest BCUT2D eigenvalue weighted by Gasteiger charge is 2.05. The van der Waals surface area contributed by atoms with Crippen molar-refractivity contribution in [2.75, 3.05) is 7.11 Å². The predicted octanol–water partition coefficient (Wildman–Crippen LogP) is 0.847. The summed E-state index contributed by atoms with van der Waals surface area (Å²) in [6.07, 6.45) is 1.48. The second kappa shape index (κ2) is 4.16. The van der Waals surface area contributed by atoms with Gasteiger partial charge in [-0.1, -0.05) is 0 Å². The maximum atomic E-state index is 11.3. The van der Waals surface area contributed by atoms with E-state index in [1.165, 1.54) is 6.20 Å². The first-order valence-electron chi connectivity index (χ1n) is 4.69. The van der Waals surface area contributed by atoms with Crippen molar-refractivity contribution in [3.05, 3.63) is 36.0 Å². The van der Waals surface area contributed by atoms with Crippen LogP contribution in [0.5, 0.6) is 5.75 Å². The van der Waals surface area contributed by atoms with Gasteiger partial charge in [0.15, 0.2) is 0 Å². The van der Waals surface area contributed by atoms with Gasteiger partial charge in [0, 0.05) is 11.6 Å². The summed E-state index contributed by atoms with van der Waals surface area (Å²) >= 11 is 0. The van der Waals surface area contributed by atoms with E-state index >= 15 is 0 Å². The van der Waals surface area contributed by atoms with Crippen LogP contribution in [0, 0.1) is 0 Å². The SMILES string of the molecule is COc1ccc2ncc(C(=O)NN)cc2c1. The molecule has 16 heavy (non-hydrogen) atoms. The normalized spacial score (nSPS) is 10.1. The Morgan fingerprint density at radius 2 is 2.25 bits per heavy atom. The summed E-state index contributed by atoms with van der Waals surface area (Å²) in [4.78, 5) is 15.5. The van der Waals surface area contributed by atoms with Crippen LogP contribution < -0.4 is 16.0 Å². The minimum absolute atomic E-state index is 0.364. The molecule has 82 valence electrons. The van der Waals surface area contributed by atoms with E-state index in [2.05, 4.69) is 10.4 Å². The van der Waals surface area contributed by atoms with Crippen molar-refractivity contribution in [3.63, 3.8) is 0 Å². The van der Waals surface area contributed by atoms with Crippen molar-refractivity contribution in [3.8, 4) is 5.75 Å². The number of hydrogen-bond donors (Lipinski definition) is 2. The minimum atomic E-state index is -0.364. The first-order chi connectivity index (χ1) is 7.74. The highest BCUT2D eigenvalue weighted by Crippen LogP contribution is 2.19. The molecule has 0 radical (unpaired) electrons. The minimum Gasteiger partial charge on any atom is -0.497 e. The first-order valence-corrected chi connectivity index (χ1v) is 4.69. The Balaban J connectivity index is 2.54. The molecule has 5 heteroatoms. The van der Waals surface area contributed by atoms with E-state index in [-0.39, 0.29) is 5.91 Å². The number of nitrogens with zero attached hydrogens (tertiary/aromatic N) is 1. The summed E-state index contributed by atoms with van der Waals surface area (Å²) in [6.45, 7) is 0. The lowest BCUT2D eigenvalue weighted by atomic mass is 10.1. The van der Waals surface area contributed by atoms with Gasteiger partial charge in [-0.2, -0.15) is 0 Å². The zero-order valence-corrected chi connectivity index (χ0v) is 8.73. The molecule has 0 aliphatic heterocycles. The van der Waals surface area contributed by atoms with Crippen molar-refractivity contribution in [2.45, 2.75) is 0 Å². The smallest absolute Gasteiger partial charge is 0.266 e. The zero-order chi connectivity index (χ0) is 11.5. The van der Waals surface area contributed by atoms with Gasteiger partial charge in [0.05, 0.1) is 18.2 Å². The van der Waals surface area contributed by atoms with E-state index < -0.39 is 0 Å². The van der Waals surface area contributed by atoms with Crippen LogP contribution in [0.2, 0.25) is 0 Å². The van der Waals surface area contributed by atoms with E-state index in [4.69, 9.17) is 10.6 Å². The summed E-state index contributed by atoms with van der Waals surface area (Å²) in [5, 5.41) is 0.834. The van der Waals surface area contributed by atoms with Crippen LogP contribution in [0.25, 0.3) is 10.9 Å². The second-order valence-corrected chi connectivity index (χ2v) is 3.26. The predicted molar refractivity (Wildman–Crippen MR) is 59.9 cm³/mol. The number of methoxy groups -OCH3 is 1. The molecule has 0 saturated heterocycles. The van der Waals surface area contributed by atoms with Gasteiger partial charge in [0.1, 0.15) is 5.75 Å². The molecule has 1 heterocycles. The molecule has 0 bridgehead atoms. The number of hydrogen-bond acceptors (Lipinski definition) is 4. The Hall–Kier alpha value is -2.14. The molecule has 5 nitrogen and oxygen atoms in total. The van der Waals surface area contributed by atoms with Crippen LogP contribution >= 0.6 is 0 Å². The lowest BCUT2D eigenvalue weighted by Crippen LogP contribution is -2.30. The number of carbonyl (C=O) groups excluding carboxylic acids is 1. The summed E-state index contributed by atoms with van der Waals surface area (Å²) in [7, 11) is 1.59. The van der Waals surface area contributed by atoms with Gasteiger partial charge in [0.25, 0.3) is 5.91 Å². The van der Waals surface area contributed by atoms with Crippen LogP contribution in [0.3, 0.4) is 0 Å². The van der Waals surface area contributed by atoms with Gasteiger partial charge < -0.3 is 4.74 Å². The van der Waals surface area contributed by atoms with Crippen molar-refractivity contribution < 1.29 is 9.53 Å². The summed E-state index contributed by atoms with van der Waals surface area (Å²) in [5.74, 6) is 5.41. The molecule has 0 aliphatic carbocycles. The Labute approximate surface area is 92.2 Å². The fourth-order valence-electron chi connectivity index (χ4n) is 1.44. The standard InChI is InChI=1S/C11H11N3O2/c1-16-9-2-3-10-7(5-9)4-8(6-13-10)11(15)14-12/h2-6H,12H2,1H3,(H,14,15). The largest absolute Gasteiger partial charge is 0.497 e.